The van der Waals surface area contributed by atoms with E-state index in [0.717, 1.165) is 36.3 Å². The molecule has 3 rings (SSSR count). The van der Waals surface area contributed by atoms with Crippen molar-refractivity contribution in [2.24, 2.45) is 0 Å². The van der Waals surface area contributed by atoms with Crippen LogP contribution in [0, 0.1) is 13.8 Å². The number of amides is 1. The van der Waals surface area contributed by atoms with E-state index in [9.17, 15) is 4.79 Å². The third kappa shape index (κ3) is 1.92. The molecule has 0 aliphatic carbocycles. The Balaban J connectivity index is 2.25. The Labute approximate surface area is 112 Å². The zero-order valence-electron chi connectivity index (χ0n) is 11.6. The van der Waals surface area contributed by atoms with E-state index in [1.165, 1.54) is 22.2 Å². The minimum absolute atomic E-state index is 0.0279. The maximum Gasteiger partial charge on any atom is 0.221 e. The molecule has 4 heteroatoms. The molecular formula is C15H19N3O. The summed E-state index contributed by atoms with van der Waals surface area (Å²) < 4.78 is 0. The predicted molar refractivity (Wildman–Crippen MR) is 77.5 cm³/mol. The fourth-order valence-electron chi connectivity index (χ4n) is 2.99. The van der Waals surface area contributed by atoms with Gasteiger partial charge in [-0.15, -0.1) is 0 Å². The summed E-state index contributed by atoms with van der Waals surface area (Å²) in [6, 6.07) is 2.07. The number of hydrogen-bond donors (Lipinski definition) is 3. The molecular weight excluding hydrogens is 238 g/mol. The first-order valence-corrected chi connectivity index (χ1v) is 6.70. The average Bonchev–Trinajstić information content (AvgIpc) is 2.75. The first kappa shape index (κ1) is 12.2. The van der Waals surface area contributed by atoms with Gasteiger partial charge in [0, 0.05) is 43.2 Å². The Hall–Kier alpha value is -1.81. The quantitative estimate of drug-likeness (QED) is 0.734. The molecule has 0 bridgehead atoms. The van der Waals surface area contributed by atoms with Gasteiger partial charge < -0.3 is 15.6 Å². The van der Waals surface area contributed by atoms with Crippen LogP contribution in [-0.4, -0.2) is 17.4 Å². The lowest BCUT2D eigenvalue weighted by Gasteiger charge is -2.14. The largest absolute Gasteiger partial charge is 0.358 e. The molecule has 0 fully saturated rings. The van der Waals surface area contributed by atoms with Crippen LogP contribution in [-0.2, 0) is 17.8 Å². The molecule has 19 heavy (non-hydrogen) atoms. The Morgan fingerprint density at radius 3 is 2.89 bits per heavy atom. The summed E-state index contributed by atoms with van der Waals surface area (Å²) in [4.78, 5) is 14.8. The first-order chi connectivity index (χ1) is 9.08. The number of carbonyl (C=O) groups excluding carboxylic acids is 1. The van der Waals surface area contributed by atoms with Crippen molar-refractivity contribution in [2.75, 3.05) is 11.9 Å². The van der Waals surface area contributed by atoms with Gasteiger partial charge >= 0.3 is 0 Å². The number of hydrogen-bond acceptors (Lipinski definition) is 2. The highest BCUT2D eigenvalue weighted by Gasteiger charge is 2.19. The number of carbonyl (C=O) groups is 1. The molecule has 2 heterocycles. The molecule has 0 radical (unpaired) electrons. The maximum absolute atomic E-state index is 11.3. The van der Waals surface area contributed by atoms with Crippen LogP contribution >= 0.6 is 0 Å². The molecule has 1 aromatic carbocycles. The van der Waals surface area contributed by atoms with Crippen molar-refractivity contribution in [1.82, 2.24) is 10.3 Å². The minimum atomic E-state index is -0.0279. The van der Waals surface area contributed by atoms with Crippen LogP contribution in [0.1, 0.15) is 29.3 Å². The number of H-pyrrole nitrogens is 1. The standard InChI is InChI=1S/C15H19N3O/c1-8-6-13(17-10(3)19)9(2)15-14(8)11-7-16-5-4-12(11)18-15/h6,16,18H,4-5,7H2,1-3H3,(H,17,19). The van der Waals surface area contributed by atoms with Crippen LogP contribution in [0.25, 0.3) is 10.9 Å². The number of benzene rings is 1. The monoisotopic (exact) mass is 257 g/mol. The minimum Gasteiger partial charge on any atom is -0.358 e. The Bertz CT molecular complexity index is 670. The summed E-state index contributed by atoms with van der Waals surface area (Å²) in [7, 11) is 0. The molecule has 4 nitrogen and oxygen atoms in total. The van der Waals surface area contributed by atoms with Gasteiger partial charge in [-0.2, -0.15) is 0 Å². The molecule has 0 saturated heterocycles. The van der Waals surface area contributed by atoms with E-state index in [-0.39, 0.29) is 5.91 Å². The average molecular weight is 257 g/mol. The lowest BCUT2D eigenvalue weighted by Crippen LogP contribution is -2.23. The van der Waals surface area contributed by atoms with Gasteiger partial charge in [-0.25, -0.2) is 0 Å². The van der Waals surface area contributed by atoms with Crippen LogP contribution in [0.2, 0.25) is 0 Å². The molecule has 0 saturated carbocycles. The van der Waals surface area contributed by atoms with E-state index >= 15 is 0 Å². The van der Waals surface area contributed by atoms with Crippen LogP contribution in [0.3, 0.4) is 0 Å². The smallest absolute Gasteiger partial charge is 0.221 e. The summed E-state index contributed by atoms with van der Waals surface area (Å²) in [5, 5.41) is 7.65. The number of fused-ring (bicyclic) bond motifs is 3. The molecule has 0 spiro atoms. The number of rotatable bonds is 1. The Morgan fingerprint density at radius 2 is 2.16 bits per heavy atom. The molecule has 0 unspecified atom stereocenters. The number of aromatic amines is 1. The van der Waals surface area contributed by atoms with Gasteiger partial charge in [0.1, 0.15) is 0 Å². The molecule has 1 aromatic heterocycles. The highest BCUT2D eigenvalue weighted by molar-refractivity contribution is 5.98. The SMILES string of the molecule is CC(=O)Nc1cc(C)c2c3c([nH]c2c1C)CCNC3. The molecule has 1 aliphatic heterocycles. The second-order valence-corrected chi connectivity index (χ2v) is 5.31. The lowest BCUT2D eigenvalue weighted by atomic mass is 9.99. The van der Waals surface area contributed by atoms with Crippen molar-refractivity contribution in [3.63, 3.8) is 0 Å². The van der Waals surface area contributed by atoms with E-state index in [1.54, 1.807) is 6.92 Å². The summed E-state index contributed by atoms with van der Waals surface area (Å²) in [6.45, 7) is 7.66. The first-order valence-electron chi connectivity index (χ1n) is 6.70. The second-order valence-electron chi connectivity index (χ2n) is 5.31. The molecule has 2 aromatic rings. The molecule has 0 atom stereocenters. The fraction of sp³-hybridized carbons (Fsp3) is 0.400. The van der Waals surface area contributed by atoms with E-state index < -0.39 is 0 Å². The normalized spacial score (nSPS) is 14.5. The number of aryl methyl sites for hydroxylation is 2. The predicted octanol–water partition coefficient (Wildman–Crippen LogP) is 2.39. The van der Waals surface area contributed by atoms with Gasteiger partial charge in [-0.05, 0) is 36.6 Å². The van der Waals surface area contributed by atoms with Crippen molar-refractivity contribution in [3.05, 3.63) is 28.5 Å². The Morgan fingerprint density at radius 1 is 1.37 bits per heavy atom. The third-order valence-electron chi connectivity index (χ3n) is 3.89. The topological polar surface area (TPSA) is 56.9 Å². The van der Waals surface area contributed by atoms with Crippen molar-refractivity contribution in [3.8, 4) is 0 Å². The van der Waals surface area contributed by atoms with E-state index in [1.807, 2.05) is 0 Å². The van der Waals surface area contributed by atoms with Crippen molar-refractivity contribution in [1.29, 1.82) is 0 Å². The van der Waals surface area contributed by atoms with E-state index in [0.29, 0.717) is 0 Å². The lowest BCUT2D eigenvalue weighted by molar-refractivity contribution is -0.114. The highest BCUT2D eigenvalue weighted by atomic mass is 16.1. The van der Waals surface area contributed by atoms with Gasteiger partial charge in [0.05, 0.1) is 5.52 Å². The molecule has 1 aliphatic rings. The number of nitrogens with one attached hydrogen (secondary N) is 3. The van der Waals surface area contributed by atoms with Crippen LogP contribution in [0.5, 0.6) is 0 Å². The van der Waals surface area contributed by atoms with Crippen LogP contribution in [0.15, 0.2) is 6.07 Å². The van der Waals surface area contributed by atoms with Gasteiger partial charge in [-0.1, -0.05) is 0 Å². The van der Waals surface area contributed by atoms with Crippen molar-refractivity contribution >= 4 is 22.5 Å². The van der Waals surface area contributed by atoms with Crippen LogP contribution < -0.4 is 10.6 Å². The van der Waals surface area contributed by atoms with Crippen molar-refractivity contribution in [2.45, 2.75) is 33.7 Å². The van der Waals surface area contributed by atoms with E-state index in [4.69, 9.17) is 0 Å². The maximum atomic E-state index is 11.3. The van der Waals surface area contributed by atoms with Gasteiger partial charge in [0.25, 0.3) is 0 Å². The highest BCUT2D eigenvalue weighted by Crippen LogP contribution is 2.33. The van der Waals surface area contributed by atoms with Crippen LogP contribution in [0.4, 0.5) is 5.69 Å². The van der Waals surface area contributed by atoms with Gasteiger partial charge in [0.2, 0.25) is 5.91 Å². The zero-order valence-corrected chi connectivity index (χ0v) is 11.6. The van der Waals surface area contributed by atoms with E-state index in [2.05, 4.69) is 35.5 Å². The molecule has 1 amide bonds. The Kier molecular flexibility index (Phi) is 2.82. The fourth-order valence-corrected chi connectivity index (χ4v) is 2.99. The van der Waals surface area contributed by atoms with Gasteiger partial charge in [0.15, 0.2) is 0 Å². The molecule has 100 valence electrons. The van der Waals surface area contributed by atoms with Crippen molar-refractivity contribution < 1.29 is 4.79 Å². The molecule has 3 N–H and O–H groups in total. The third-order valence-corrected chi connectivity index (χ3v) is 3.89. The summed E-state index contributed by atoms with van der Waals surface area (Å²) in [5.41, 5.74) is 7.12. The van der Waals surface area contributed by atoms with Gasteiger partial charge in [-0.3, -0.25) is 4.79 Å². The summed E-state index contributed by atoms with van der Waals surface area (Å²) in [5.74, 6) is -0.0279. The second kappa shape index (κ2) is 4.38. The zero-order chi connectivity index (χ0) is 13.6. The summed E-state index contributed by atoms with van der Waals surface area (Å²) >= 11 is 0. The number of anilines is 1. The number of aromatic nitrogens is 1. The summed E-state index contributed by atoms with van der Waals surface area (Å²) in [6.07, 6.45) is 1.04.